The topological polar surface area (TPSA) is 178 Å². The maximum absolute atomic E-state index is 13.4. The number of esters is 4. The van der Waals surface area contributed by atoms with Crippen LogP contribution in [0.4, 0.5) is 0 Å². The summed E-state index contributed by atoms with van der Waals surface area (Å²) >= 11 is 0. The van der Waals surface area contributed by atoms with Crippen LogP contribution in [-0.2, 0) is 33.4 Å². The fraction of sp³-hybridized carbons (Fsp3) is 0.286. The van der Waals surface area contributed by atoms with Crippen LogP contribution in [0.15, 0.2) is 122 Å². The molecule has 0 spiro atoms. The highest BCUT2D eigenvalue weighted by Gasteiger charge is 2.44. The highest BCUT2D eigenvalue weighted by molar-refractivity contribution is 6.21. The molecule has 14 heteroatoms. The fourth-order valence-corrected chi connectivity index (χ4v) is 6.30. The number of rotatable bonds is 24. The molecule has 0 aliphatic carbocycles. The van der Waals surface area contributed by atoms with Crippen LogP contribution in [0.25, 0.3) is 10.8 Å². The number of likely N-dealkylation sites (N-methyl/N-ethyl adjacent to an activating group) is 1. The van der Waals surface area contributed by atoms with Crippen LogP contribution in [0, 0.1) is 0 Å². The van der Waals surface area contributed by atoms with Crippen molar-refractivity contribution in [3.8, 4) is 17.2 Å². The van der Waals surface area contributed by atoms with Gasteiger partial charge in [0.05, 0.1) is 43.1 Å². The predicted octanol–water partition coefficient (Wildman–Crippen LogP) is 7.73. The lowest BCUT2D eigenvalue weighted by Gasteiger charge is -2.12. The van der Waals surface area contributed by atoms with E-state index in [4.69, 9.17) is 28.4 Å². The van der Waals surface area contributed by atoms with E-state index >= 15 is 0 Å². The number of ketones is 1. The van der Waals surface area contributed by atoms with Gasteiger partial charge in [0, 0.05) is 24.8 Å². The van der Waals surface area contributed by atoms with Gasteiger partial charge in [0.2, 0.25) is 6.10 Å². The number of hydrogen-bond acceptors (Lipinski definition) is 13. The van der Waals surface area contributed by atoms with Crippen LogP contribution in [0.2, 0.25) is 0 Å². The fourth-order valence-electron chi connectivity index (χ4n) is 6.30. The second-order valence-corrected chi connectivity index (χ2v) is 14.4. The second-order valence-electron chi connectivity index (χ2n) is 14.4. The van der Waals surface area contributed by atoms with E-state index in [0.29, 0.717) is 37.9 Å². The summed E-state index contributed by atoms with van der Waals surface area (Å²) in [6.45, 7) is 8.43. The third-order valence-electron chi connectivity index (χ3n) is 9.82. The number of hydrogen-bond donors (Lipinski definition) is 0. The third-order valence-corrected chi connectivity index (χ3v) is 9.82. The Kier molecular flexibility index (Phi) is 17.5. The van der Waals surface area contributed by atoms with Crippen LogP contribution in [0.3, 0.4) is 0 Å². The van der Waals surface area contributed by atoms with E-state index in [0.717, 1.165) is 85.3 Å². The van der Waals surface area contributed by atoms with E-state index in [-0.39, 0.29) is 28.0 Å². The number of unbranched alkanes of at least 4 members (excludes halogenated alkanes) is 6. The normalized spacial score (nSPS) is 14.0. The van der Waals surface area contributed by atoms with Gasteiger partial charge < -0.3 is 28.4 Å². The summed E-state index contributed by atoms with van der Waals surface area (Å²) in [5.41, 5.74) is 0.245. The monoisotopic (exact) mass is 859 g/mol. The minimum atomic E-state index is -1.65. The second kappa shape index (κ2) is 23.6. The summed E-state index contributed by atoms with van der Waals surface area (Å²) in [6.07, 6.45) is 8.38. The molecule has 5 rings (SSSR count). The molecule has 0 saturated carbocycles. The van der Waals surface area contributed by atoms with E-state index in [2.05, 4.69) is 13.2 Å². The van der Waals surface area contributed by atoms with Crippen LogP contribution >= 0.6 is 0 Å². The van der Waals surface area contributed by atoms with Crippen molar-refractivity contribution in [3.05, 3.63) is 139 Å². The van der Waals surface area contributed by atoms with E-state index in [1.54, 1.807) is 48.5 Å². The first-order chi connectivity index (χ1) is 30.5. The Labute approximate surface area is 365 Å². The number of amides is 2. The number of fused-ring (bicyclic) bond motifs is 1. The molecule has 4 aromatic rings. The first kappa shape index (κ1) is 46.7. The van der Waals surface area contributed by atoms with Gasteiger partial charge in [-0.15, -0.1) is 0 Å². The Morgan fingerprint density at radius 3 is 1.63 bits per heavy atom. The number of ether oxygens (including phenoxy) is 6. The zero-order chi connectivity index (χ0) is 45.1. The van der Waals surface area contributed by atoms with Crippen molar-refractivity contribution in [2.45, 2.75) is 57.5 Å². The molecule has 1 atom stereocenters. The van der Waals surface area contributed by atoms with Crippen LogP contribution in [0.1, 0.15) is 82.4 Å². The highest BCUT2D eigenvalue weighted by atomic mass is 16.6. The first-order valence-corrected chi connectivity index (χ1v) is 20.6. The summed E-state index contributed by atoms with van der Waals surface area (Å²) in [7, 11) is 1.23. The number of imide groups is 1. The lowest BCUT2D eigenvalue weighted by atomic mass is 10.0. The number of carbonyl (C=O) groups excluding carboxylic acids is 7. The van der Waals surface area contributed by atoms with Crippen molar-refractivity contribution in [1.29, 1.82) is 0 Å². The lowest BCUT2D eigenvalue weighted by molar-refractivity contribution is -0.140. The summed E-state index contributed by atoms with van der Waals surface area (Å²) in [5, 5.41) is 1.57. The van der Waals surface area contributed by atoms with Gasteiger partial charge in [-0.1, -0.05) is 31.4 Å². The smallest absolute Gasteiger partial charge is 0.343 e. The van der Waals surface area contributed by atoms with Crippen molar-refractivity contribution in [1.82, 2.24) is 4.90 Å². The minimum absolute atomic E-state index is 0.00883. The molecule has 328 valence electrons. The molecule has 0 bridgehead atoms. The molecule has 4 aromatic carbocycles. The van der Waals surface area contributed by atoms with Gasteiger partial charge in [-0.25, -0.2) is 19.2 Å². The molecule has 14 nitrogen and oxygen atoms in total. The largest absolute Gasteiger partial charge is 0.494 e. The Bertz CT molecular complexity index is 2350. The number of benzene rings is 4. The molecule has 1 aliphatic rings. The van der Waals surface area contributed by atoms with Crippen LogP contribution in [-0.4, -0.2) is 86.0 Å². The molecule has 2 amide bonds. The Morgan fingerprint density at radius 2 is 1.05 bits per heavy atom. The van der Waals surface area contributed by atoms with Gasteiger partial charge in [0.1, 0.15) is 17.2 Å². The van der Waals surface area contributed by atoms with Crippen molar-refractivity contribution in [2.75, 3.05) is 33.5 Å². The van der Waals surface area contributed by atoms with Gasteiger partial charge in [0.15, 0.2) is 5.78 Å². The zero-order valence-electron chi connectivity index (χ0n) is 35.0. The van der Waals surface area contributed by atoms with Gasteiger partial charge in [0.25, 0.3) is 11.8 Å². The average Bonchev–Trinajstić information content (AvgIpc) is 3.49. The standard InChI is InChI=1S/C49H49NO13/c1-4-43(52)60-28-12-8-6-10-26-58-38-21-16-33(17-22-38)48(56)62-39-23-18-34(19-24-39)49(57)63-45-41(46(54)50(3)47(45)55)32-42(51)37-15-14-36-31-40(25-20-35(36)30-37)59-27-11-7-9-13-29-61-44(53)5-2/h4-5,14-25,30-32,45H,1-2,6-13,26-29H2,3H3/b41-32-/t45-/m1/s1. The number of nitrogens with zero attached hydrogens (tertiary/aromatic N) is 1. The molecule has 1 fully saturated rings. The molecule has 0 radical (unpaired) electrons. The molecule has 0 N–H and O–H groups in total. The Hall–Kier alpha value is -7.35. The quantitative estimate of drug-likeness (QED) is 0.0127. The van der Waals surface area contributed by atoms with Gasteiger partial charge in [-0.3, -0.25) is 19.3 Å². The summed E-state index contributed by atoms with van der Waals surface area (Å²) < 4.78 is 32.5. The molecule has 0 aromatic heterocycles. The van der Waals surface area contributed by atoms with E-state index in [1.165, 1.54) is 31.3 Å². The summed E-state index contributed by atoms with van der Waals surface area (Å²) in [4.78, 5) is 88.5. The van der Waals surface area contributed by atoms with E-state index < -0.39 is 47.6 Å². The Balaban J connectivity index is 1.10. The Morgan fingerprint density at radius 1 is 0.571 bits per heavy atom. The molecule has 1 saturated heterocycles. The maximum Gasteiger partial charge on any atom is 0.343 e. The molecule has 63 heavy (non-hydrogen) atoms. The van der Waals surface area contributed by atoms with Crippen molar-refractivity contribution in [2.24, 2.45) is 0 Å². The zero-order valence-corrected chi connectivity index (χ0v) is 35.0. The van der Waals surface area contributed by atoms with Crippen LogP contribution < -0.4 is 14.2 Å². The molecular formula is C49H49NO13. The first-order valence-electron chi connectivity index (χ1n) is 20.6. The maximum atomic E-state index is 13.4. The summed E-state index contributed by atoms with van der Waals surface area (Å²) in [5.74, 6) is -3.19. The van der Waals surface area contributed by atoms with Gasteiger partial charge in [-0.05, 0) is 135 Å². The van der Waals surface area contributed by atoms with E-state index in [9.17, 15) is 33.6 Å². The van der Waals surface area contributed by atoms with Crippen molar-refractivity contribution in [3.63, 3.8) is 0 Å². The number of likely N-dealkylation sites (tertiary alicyclic amines) is 1. The minimum Gasteiger partial charge on any atom is -0.494 e. The van der Waals surface area contributed by atoms with Crippen LogP contribution in [0.5, 0.6) is 17.2 Å². The predicted molar refractivity (Wildman–Crippen MR) is 231 cm³/mol. The molecule has 1 aliphatic heterocycles. The van der Waals surface area contributed by atoms with Gasteiger partial charge in [-0.2, -0.15) is 0 Å². The summed E-state index contributed by atoms with van der Waals surface area (Å²) in [6, 6.07) is 22.4. The molecule has 1 heterocycles. The lowest BCUT2D eigenvalue weighted by Crippen LogP contribution is -2.30. The molecular weight excluding hydrogens is 811 g/mol. The number of carbonyl (C=O) groups is 7. The van der Waals surface area contributed by atoms with Gasteiger partial charge >= 0.3 is 23.9 Å². The van der Waals surface area contributed by atoms with E-state index in [1.807, 2.05) is 12.1 Å². The SMILES string of the molecule is C=CC(=O)OCCCCCCOc1ccc(C(=O)Oc2ccc(C(=O)O[C@H]3C(=O)N(C)C(=O)/C3=C\C(=O)c3ccc4cc(OCCCCCCOC(=O)C=C)ccc4c3)cc2)cc1. The molecule has 0 unspecified atom stereocenters. The number of allylic oxidation sites excluding steroid dienone is 1. The third kappa shape index (κ3) is 13.8. The van der Waals surface area contributed by atoms with Crippen molar-refractivity contribution < 1.29 is 62.0 Å². The average molecular weight is 860 g/mol. The van der Waals surface area contributed by atoms with Crippen molar-refractivity contribution >= 4 is 52.2 Å². The highest BCUT2D eigenvalue weighted by Crippen LogP contribution is 2.27.